The first kappa shape index (κ1) is 21.6. The molecule has 4 rings (SSSR count). The monoisotopic (exact) mass is 513 g/mol. The van der Waals surface area contributed by atoms with E-state index in [4.69, 9.17) is 10.5 Å². The Bertz CT molecular complexity index is 1120. The Morgan fingerprint density at radius 1 is 1.00 bits per heavy atom. The van der Waals surface area contributed by atoms with Crippen molar-refractivity contribution in [2.24, 2.45) is 10.7 Å². The third-order valence-corrected chi connectivity index (χ3v) is 4.70. The molecule has 0 bridgehead atoms. The molecule has 0 radical (unpaired) electrons. The summed E-state index contributed by atoms with van der Waals surface area (Å²) < 4.78 is 7.30. The largest absolute Gasteiger partial charge is 0.497 e. The van der Waals surface area contributed by atoms with Gasteiger partial charge >= 0.3 is 0 Å². The van der Waals surface area contributed by atoms with Gasteiger partial charge in [-0.15, -0.1) is 24.0 Å². The molecule has 3 N–H and O–H groups in total. The Morgan fingerprint density at radius 2 is 1.70 bits per heavy atom. The highest BCUT2D eigenvalue weighted by Crippen LogP contribution is 2.16. The molecule has 0 amide bonds. The molecule has 0 aliphatic heterocycles. The predicted octanol–water partition coefficient (Wildman–Crippen LogP) is 4.64. The minimum Gasteiger partial charge on any atom is -0.497 e. The van der Waals surface area contributed by atoms with E-state index in [2.05, 4.69) is 50.2 Å². The summed E-state index contributed by atoms with van der Waals surface area (Å²) in [6.45, 7) is 1.30. The summed E-state index contributed by atoms with van der Waals surface area (Å²) in [5.74, 6) is 1.18. The molecule has 0 aliphatic rings. The maximum Gasteiger partial charge on any atom is 0.193 e. The standard InChI is InChI=1S/C23H23N5O.HI/c1-29-20-12-10-19(11-13-20)27-23(24)25-14-17-6-8-18(9-7-17)15-28-16-26-21-4-2-3-5-22(21)28;/h2-13,16H,14-15H2,1H3,(H3,24,25,27);1H. The van der Waals surface area contributed by atoms with Gasteiger partial charge in [0, 0.05) is 12.2 Å². The minimum atomic E-state index is 0. The number of halogens is 1. The van der Waals surface area contributed by atoms with Crippen molar-refractivity contribution in [3.8, 4) is 5.75 Å². The van der Waals surface area contributed by atoms with Crippen molar-refractivity contribution in [2.45, 2.75) is 13.1 Å². The molecule has 0 spiro atoms. The Labute approximate surface area is 192 Å². The van der Waals surface area contributed by atoms with Crippen molar-refractivity contribution in [3.63, 3.8) is 0 Å². The number of nitrogens with zero attached hydrogens (tertiary/aromatic N) is 3. The zero-order chi connectivity index (χ0) is 20.1. The van der Waals surface area contributed by atoms with Crippen LogP contribution in [0, 0.1) is 0 Å². The zero-order valence-corrected chi connectivity index (χ0v) is 19.0. The molecular weight excluding hydrogens is 489 g/mol. The normalized spacial score (nSPS) is 11.2. The number of nitrogens with two attached hydrogens (primary N) is 1. The number of aromatic nitrogens is 2. The van der Waals surface area contributed by atoms with Crippen molar-refractivity contribution in [2.75, 3.05) is 12.4 Å². The fourth-order valence-electron chi connectivity index (χ4n) is 3.12. The van der Waals surface area contributed by atoms with Gasteiger partial charge in [0.1, 0.15) is 5.75 Å². The maximum atomic E-state index is 5.99. The van der Waals surface area contributed by atoms with E-state index in [1.165, 1.54) is 5.56 Å². The van der Waals surface area contributed by atoms with Crippen molar-refractivity contribution in [1.29, 1.82) is 0 Å². The van der Waals surface area contributed by atoms with Crippen LogP contribution in [0.3, 0.4) is 0 Å². The highest BCUT2D eigenvalue weighted by Gasteiger charge is 2.03. The number of hydrogen-bond acceptors (Lipinski definition) is 3. The van der Waals surface area contributed by atoms with Crippen molar-refractivity contribution < 1.29 is 4.74 Å². The number of ether oxygens (including phenoxy) is 1. The molecule has 3 aromatic carbocycles. The minimum absolute atomic E-state index is 0. The summed E-state index contributed by atoms with van der Waals surface area (Å²) in [5, 5.41) is 3.08. The van der Waals surface area contributed by atoms with Crippen LogP contribution in [0.1, 0.15) is 11.1 Å². The zero-order valence-electron chi connectivity index (χ0n) is 16.7. The van der Waals surface area contributed by atoms with Crippen molar-refractivity contribution in [1.82, 2.24) is 9.55 Å². The van der Waals surface area contributed by atoms with Crippen molar-refractivity contribution in [3.05, 3.63) is 90.3 Å². The van der Waals surface area contributed by atoms with Gasteiger partial charge in [-0.05, 0) is 47.5 Å². The number of guanidine groups is 1. The third kappa shape index (κ3) is 5.29. The maximum absolute atomic E-state index is 5.99. The van der Waals surface area contributed by atoms with E-state index in [-0.39, 0.29) is 24.0 Å². The molecule has 30 heavy (non-hydrogen) atoms. The average molecular weight is 513 g/mol. The van der Waals surface area contributed by atoms with E-state index >= 15 is 0 Å². The van der Waals surface area contributed by atoms with Gasteiger partial charge in [0.15, 0.2) is 5.96 Å². The fourth-order valence-corrected chi connectivity index (χ4v) is 3.12. The molecule has 4 aromatic rings. The summed E-state index contributed by atoms with van der Waals surface area (Å²) in [5.41, 5.74) is 11.3. The number of imidazole rings is 1. The summed E-state index contributed by atoms with van der Waals surface area (Å²) in [6, 6.07) is 24.1. The van der Waals surface area contributed by atoms with E-state index < -0.39 is 0 Å². The molecule has 0 fully saturated rings. The lowest BCUT2D eigenvalue weighted by molar-refractivity contribution is 0.415. The summed E-state index contributed by atoms with van der Waals surface area (Å²) in [6.07, 6.45) is 1.88. The van der Waals surface area contributed by atoms with Crippen molar-refractivity contribution >= 4 is 46.7 Å². The van der Waals surface area contributed by atoms with E-state index in [1.54, 1.807) is 7.11 Å². The summed E-state index contributed by atoms with van der Waals surface area (Å²) in [7, 11) is 1.64. The second kappa shape index (κ2) is 10.1. The summed E-state index contributed by atoms with van der Waals surface area (Å²) in [4.78, 5) is 8.86. The molecular formula is C23H24IN5O. The molecule has 1 heterocycles. The van der Waals surface area contributed by atoms with Gasteiger partial charge in [-0.2, -0.15) is 0 Å². The van der Waals surface area contributed by atoms with Gasteiger partial charge in [0.05, 0.1) is 31.0 Å². The molecule has 1 aromatic heterocycles. The van der Waals surface area contributed by atoms with E-state index in [0.717, 1.165) is 34.6 Å². The third-order valence-electron chi connectivity index (χ3n) is 4.70. The highest BCUT2D eigenvalue weighted by atomic mass is 127. The second-order valence-electron chi connectivity index (χ2n) is 6.73. The number of anilines is 1. The van der Waals surface area contributed by atoms with Crippen LogP contribution in [0.2, 0.25) is 0 Å². The van der Waals surface area contributed by atoms with Crippen LogP contribution < -0.4 is 15.8 Å². The fraction of sp³-hybridized carbons (Fsp3) is 0.130. The van der Waals surface area contributed by atoms with Crippen LogP contribution in [0.5, 0.6) is 5.75 Å². The highest BCUT2D eigenvalue weighted by molar-refractivity contribution is 14.0. The lowest BCUT2D eigenvalue weighted by Crippen LogP contribution is -2.22. The number of aliphatic imine (C=N–C) groups is 1. The number of hydrogen-bond donors (Lipinski definition) is 2. The Kier molecular flexibility index (Phi) is 7.29. The lowest BCUT2D eigenvalue weighted by atomic mass is 10.1. The molecule has 0 saturated heterocycles. The van der Waals surface area contributed by atoms with Crippen LogP contribution in [-0.4, -0.2) is 22.6 Å². The topological polar surface area (TPSA) is 77.5 Å². The van der Waals surface area contributed by atoms with Gasteiger partial charge in [0.2, 0.25) is 0 Å². The van der Waals surface area contributed by atoms with Crippen LogP contribution in [0.25, 0.3) is 11.0 Å². The number of rotatable bonds is 6. The first-order valence-electron chi connectivity index (χ1n) is 9.40. The smallest absolute Gasteiger partial charge is 0.193 e. The van der Waals surface area contributed by atoms with E-state index in [1.807, 2.05) is 48.8 Å². The number of para-hydroxylation sites is 2. The SMILES string of the molecule is COc1ccc(NC(N)=NCc2ccc(Cn3cnc4ccccc43)cc2)cc1.I. The van der Waals surface area contributed by atoms with Gasteiger partial charge in [0.25, 0.3) is 0 Å². The second-order valence-corrected chi connectivity index (χ2v) is 6.73. The molecule has 0 atom stereocenters. The Hall–Kier alpha value is -3.07. The molecule has 0 saturated carbocycles. The first-order chi connectivity index (χ1) is 14.2. The predicted molar refractivity (Wildman–Crippen MR) is 133 cm³/mol. The van der Waals surface area contributed by atoms with Crippen LogP contribution >= 0.6 is 24.0 Å². The summed E-state index contributed by atoms with van der Waals surface area (Å²) >= 11 is 0. The van der Waals surface area contributed by atoms with Crippen LogP contribution in [0.4, 0.5) is 5.69 Å². The van der Waals surface area contributed by atoms with Gasteiger partial charge in [-0.1, -0.05) is 36.4 Å². The molecule has 0 unspecified atom stereocenters. The van der Waals surface area contributed by atoms with Gasteiger partial charge in [-0.25, -0.2) is 9.98 Å². The van der Waals surface area contributed by atoms with Crippen LogP contribution in [0.15, 0.2) is 84.1 Å². The van der Waals surface area contributed by atoms with E-state index in [9.17, 15) is 0 Å². The van der Waals surface area contributed by atoms with Crippen LogP contribution in [-0.2, 0) is 13.1 Å². The number of methoxy groups -OCH3 is 1. The number of benzene rings is 3. The molecule has 0 aliphatic carbocycles. The van der Waals surface area contributed by atoms with E-state index in [0.29, 0.717) is 12.5 Å². The number of nitrogens with one attached hydrogen (secondary N) is 1. The quantitative estimate of drug-likeness (QED) is 0.224. The Morgan fingerprint density at radius 3 is 2.43 bits per heavy atom. The Balaban J connectivity index is 0.00000256. The molecule has 6 nitrogen and oxygen atoms in total. The van der Waals surface area contributed by atoms with Gasteiger partial charge < -0.3 is 20.4 Å². The van der Waals surface area contributed by atoms with Gasteiger partial charge in [-0.3, -0.25) is 0 Å². The average Bonchev–Trinajstić information content (AvgIpc) is 3.17. The molecule has 7 heteroatoms. The lowest BCUT2D eigenvalue weighted by Gasteiger charge is -2.08. The number of fused-ring (bicyclic) bond motifs is 1. The molecule has 154 valence electrons. The first-order valence-corrected chi connectivity index (χ1v) is 9.40.